The Hall–Kier alpha value is -2.91. The molecule has 9 heteroatoms. The average molecular weight is 418 g/mol. The molecule has 1 aromatic carbocycles. The SMILES string of the molecule is COC1CN(c2cc(C=O)c(C(=O)O)s2)CCC1NC(=O)OCc1ccccc1. The van der Waals surface area contributed by atoms with Crippen molar-refractivity contribution in [1.82, 2.24) is 5.32 Å². The molecule has 1 aliphatic rings. The molecule has 1 fully saturated rings. The van der Waals surface area contributed by atoms with Crippen molar-refractivity contribution in [2.45, 2.75) is 25.2 Å². The minimum absolute atomic E-state index is 0.0219. The highest BCUT2D eigenvalue weighted by Gasteiger charge is 2.32. The van der Waals surface area contributed by atoms with Crippen molar-refractivity contribution in [1.29, 1.82) is 0 Å². The minimum atomic E-state index is -1.12. The molecule has 2 atom stereocenters. The first kappa shape index (κ1) is 20.8. The van der Waals surface area contributed by atoms with Crippen LogP contribution in [-0.4, -0.2) is 55.8 Å². The van der Waals surface area contributed by atoms with Gasteiger partial charge in [-0.3, -0.25) is 4.79 Å². The highest BCUT2D eigenvalue weighted by molar-refractivity contribution is 7.18. The fourth-order valence-electron chi connectivity index (χ4n) is 3.24. The average Bonchev–Trinajstić information content (AvgIpc) is 3.18. The predicted molar refractivity (Wildman–Crippen MR) is 108 cm³/mol. The van der Waals surface area contributed by atoms with Gasteiger partial charge in [0.05, 0.1) is 17.1 Å². The summed E-state index contributed by atoms with van der Waals surface area (Å²) >= 11 is 1.06. The molecule has 154 valence electrons. The number of carbonyl (C=O) groups is 3. The molecule has 1 saturated heterocycles. The number of methoxy groups -OCH3 is 1. The van der Waals surface area contributed by atoms with Crippen molar-refractivity contribution in [2.24, 2.45) is 0 Å². The van der Waals surface area contributed by atoms with E-state index in [1.165, 1.54) is 0 Å². The van der Waals surface area contributed by atoms with Gasteiger partial charge in [-0.2, -0.15) is 0 Å². The number of carboxylic acids is 1. The maximum absolute atomic E-state index is 12.2. The van der Waals surface area contributed by atoms with Gasteiger partial charge >= 0.3 is 12.1 Å². The van der Waals surface area contributed by atoms with Crippen LogP contribution in [0.5, 0.6) is 0 Å². The van der Waals surface area contributed by atoms with E-state index in [4.69, 9.17) is 9.47 Å². The first-order chi connectivity index (χ1) is 14.0. The molecule has 2 N–H and O–H groups in total. The number of carbonyl (C=O) groups excluding carboxylic acids is 2. The van der Waals surface area contributed by atoms with E-state index in [0.29, 0.717) is 30.8 Å². The van der Waals surface area contributed by atoms with Crippen LogP contribution in [0.4, 0.5) is 9.80 Å². The van der Waals surface area contributed by atoms with Crippen LogP contribution in [0, 0.1) is 0 Å². The van der Waals surface area contributed by atoms with Crippen molar-refractivity contribution in [3.05, 3.63) is 52.4 Å². The highest BCUT2D eigenvalue weighted by Crippen LogP contribution is 2.32. The number of aldehydes is 1. The molecule has 1 aliphatic heterocycles. The number of rotatable bonds is 7. The molecule has 2 unspecified atom stereocenters. The van der Waals surface area contributed by atoms with Crippen molar-refractivity contribution < 1.29 is 29.0 Å². The lowest BCUT2D eigenvalue weighted by Gasteiger charge is -2.38. The molecule has 3 rings (SSSR count). The van der Waals surface area contributed by atoms with Gasteiger partial charge in [-0.1, -0.05) is 30.3 Å². The topological polar surface area (TPSA) is 105 Å². The molecule has 2 heterocycles. The predicted octanol–water partition coefficient (Wildman–Crippen LogP) is 2.78. The lowest BCUT2D eigenvalue weighted by molar-refractivity contribution is 0.0548. The van der Waals surface area contributed by atoms with E-state index >= 15 is 0 Å². The number of nitrogens with zero attached hydrogens (tertiary/aromatic N) is 1. The maximum atomic E-state index is 12.2. The van der Waals surface area contributed by atoms with Crippen LogP contribution in [0.25, 0.3) is 0 Å². The summed E-state index contributed by atoms with van der Waals surface area (Å²) in [4.78, 5) is 36.5. The van der Waals surface area contributed by atoms with Gasteiger partial charge in [-0.05, 0) is 18.1 Å². The number of thiophene rings is 1. The lowest BCUT2D eigenvalue weighted by atomic mass is 10.0. The van der Waals surface area contributed by atoms with Gasteiger partial charge in [0, 0.05) is 25.8 Å². The van der Waals surface area contributed by atoms with Gasteiger partial charge < -0.3 is 24.8 Å². The van der Waals surface area contributed by atoms with Crippen molar-refractivity contribution >= 4 is 34.7 Å². The summed E-state index contributed by atoms with van der Waals surface area (Å²) in [6, 6.07) is 10.8. The van der Waals surface area contributed by atoms with E-state index in [-0.39, 0.29) is 29.2 Å². The number of carboxylic acid groups (broad SMARTS) is 1. The molecule has 0 radical (unpaired) electrons. The molecule has 0 saturated carbocycles. The zero-order valence-electron chi connectivity index (χ0n) is 15.9. The number of nitrogens with one attached hydrogen (secondary N) is 1. The molecule has 2 aromatic rings. The van der Waals surface area contributed by atoms with Crippen LogP contribution in [0.1, 0.15) is 32.0 Å². The first-order valence-corrected chi connectivity index (χ1v) is 9.90. The second-order valence-corrected chi connectivity index (χ2v) is 7.64. The van der Waals surface area contributed by atoms with E-state index < -0.39 is 12.1 Å². The molecule has 1 amide bonds. The molecular formula is C20H22N2O6S. The van der Waals surface area contributed by atoms with Gasteiger partial charge in [0.2, 0.25) is 0 Å². The van der Waals surface area contributed by atoms with Crippen LogP contribution < -0.4 is 10.2 Å². The Balaban J connectivity index is 1.58. The fourth-order valence-corrected chi connectivity index (χ4v) is 4.24. The minimum Gasteiger partial charge on any atom is -0.477 e. The number of anilines is 1. The number of amides is 1. The number of alkyl carbamates (subject to hydrolysis) is 1. The number of benzene rings is 1. The number of piperidine rings is 1. The molecule has 0 bridgehead atoms. The Morgan fingerprint density at radius 3 is 2.72 bits per heavy atom. The quantitative estimate of drug-likeness (QED) is 0.666. The smallest absolute Gasteiger partial charge is 0.407 e. The van der Waals surface area contributed by atoms with Crippen LogP contribution in [0.2, 0.25) is 0 Å². The van der Waals surface area contributed by atoms with E-state index in [1.54, 1.807) is 13.2 Å². The van der Waals surface area contributed by atoms with Gasteiger partial charge in [0.25, 0.3) is 0 Å². The second kappa shape index (κ2) is 9.53. The third kappa shape index (κ3) is 5.12. The Labute approximate surface area is 172 Å². The van der Waals surface area contributed by atoms with Gasteiger partial charge in [-0.15, -0.1) is 11.3 Å². The standard InChI is InChI=1S/C20H22N2O6S/c1-27-16-10-22(17-9-14(11-23)18(29-17)19(24)25)8-7-15(16)21-20(26)28-12-13-5-3-2-4-6-13/h2-6,9,11,15-16H,7-8,10,12H2,1H3,(H,21,26)(H,24,25). The Morgan fingerprint density at radius 2 is 2.10 bits per heavy atom. The van der Waals surface area contributed by atoms with Crippen LogP contribution in [-0.2, 0) is 16.1 Å². The summed E-state index contributed by atoms with van der Waals surface area (Å²) in [6.45, 7) is 1.23. The van der Waals surface area contributed by atoms with Crippen molar-refractivity contribution in [3.8, 4) is 0 Å². The van der Waals surface area contributed by atoms with E-state index in [2.05, 4.69) is 5.32 Å². The van der Waals surface area contributed by atoms with Gasteiger partial charge in [-0.25, -0.2) is 9.59 Å². The summed E-state index contributed by atoms with van der Waals surface area (Å²) in [6.07, 6.45) is 0.328. The van der Waals surface area contributed by atoms with Crippen LogP contribution in [0.15, 0.2) is 36.4 Å². The number of aromatic carboxylic acids is 1. The lowest BCUT2D eigenvalue weighted by Crippen LogP contribution is -2.54. The summed E-state index contributed by atoms with van der Waals surface area (Å²) in [5.74, 6) is -1.12. The van der Waals surface area contributed by atoms with E-state index in [9.17, 15) is 19.5 Å². The first-order valence-electron chi connectivity index (χ1n) is 9.09. The van der Waals surface area contributed by atoms with E-state index in [1.807, 2.05) is 35.2 Å². The molecule has 8 nitrogen and oxygen atoms in total. The molecule has 0 aliphatic carbocycles. The largest absolute Gasteiger partial charge is 0.477 e. The van der Waals surface area contributed by atoms with Crippen molar-refractivity contribution in [2.75, 3.05) is 25.1 Å². The van der Waals surface area contributed by atoms with Crippen LogP contribution in [0.3, 0.4) is 0 Å². The monoisotopic (exact) mass is 418 g/mol. The molecule has 0 spiro atoms. The second-order valence-electron chi connectivity index (χ2n) is 6.61. The Bertz CT molecular complexity index is 869. The summed E-state index contributed by atoms with van der Waals surface area (Å²) in [7, 11) is 1.56. The Morgan fingerprint density at radius 1 is 1.34 bits per heavy atom. The molecule has 29 heavy (non-hydrogen) atoms. The number of ether oxygens (including phenoxy) is 2. The van der Waals surface area contributed by atoms with Crippen LogP contribution >= 0.6 is 11.3 Å². The van der Waals surface area contributed by atoms with Crippen molar-refractivity contribution in [3.63, 3.8) is 0 Å². The highest BCUT2D eigenvalue weighted by atomic mass is 32.1. The number of hydrogen-bond acceptors (Lipinski definition) is 7. The summed E-state index contributed by atoms with van der Waals surface area (Å²) < 4.78 is 10.8. The number of hydrogen-bond donors (Lipinski definition) is 2. The van der Waals surface area contributed by atoms with Gasteiger partial charge in [0.15, 0.2) is 6.29 Å². The zero-order chi connectivity index (χ0) is 20.8. The fraction of sp³-hybridized carbons (Fsp3) is 0.350. The summed E-state index contributed by atoms with van der Waals surface area (Å²) in [5.41, 5.74) is 1.06. The molecular weight excluding hydrogens is 396 g/mol. The third-order valence-corrected chi connectivity index (χ3v) is 5.96. The molecule has 1 aromatic heterocycles. The Kier molecular flexibility index (Phi) is 6.84. The zero-order valence-corrected chi connectivity index (χ0v) is 16.7. The maximum Gasteiger partial charge on any atom is 0.407 e. The van der Waals surface area contributed by atoms with E-state index in [0.717, 1.165) is 16.9 Å². The third-order valence-electron chi connectivity index (χ3n) is 4.76. The summed E-state index contributed by atoms with van der Waals surface area (Å²) in [5, 5.41) is 12.8. The normalized spacial score (nSPS) is 18.9. The van der Waals surface area contributed by atoms with Gasteiger partial charge in [0.1, 0.15) is 11.5 Å².